The van der Waals surface area contributed by atoms with Gasteiger partial charge in [-0.1, -0.05) is 19.9 Å². The van der Waals surface area contributed by atoms with Gasteiger partial charge in [0.15, 0.2) is 0 Å². The Labute approximate surface area is 138 Å². The zero-order valence-corrected chi connectivity index (χ0v) is 14.1. The van der Waals surface area contributed by atoms with Gasteiger partial charge >= 0.3 is 5.97 Å². The number of hydrogen-bond donors (Lipinski definition) is 0. The summed E-state index contributed by atoms with van der Waals surface area (Å²) in [6.45, 7) is 5.55. The minimum atomic E-state index is -0.587. The maximum atomic E-state index is 12.3. The molecule has 0 saturated carbocycles. The van der Waals surface area contributed by atoms with Crippen molar-refractivity contribution < 1.29 is 19.1 Å². The van der Waals surface area contributed by atoms with Crippen LogP contribution < -0.4 is 0 Å². The number of ether oxygens (including phenoxy) is 1. The van der Waals surface area contributed by atoms with Gasteiger partial charge in [0.05, 0.1) is 17.2 Å². The van der Waals surface area contributed by atoms with E-state index < -0.39 is 17.1 Å². The van der Waals surface area contributed by atoms with Crippen LogP contribution in [0.5, 0.6) is 0 Å². The molecule has 0 bridgehead atoms. The molecule has 0 aromatic carbocycles. The molecular formula is C16H18N2O4S. The Morgan fingerprint density at radius 3 is 2.78 bits per heavy atom. The van der Waals surface area contributed by atoms with Crippen LogP contribution in [0, 0.1) is 12.8 Å². The van der Waals surface area contributed by atoms with Crippen molar-refractivity contribution in [2.24, 2.45) is 5.92 Å². The molecule has 2 heterocycles. The van der Waals surface area contributed by atoms with Gasteiger partial charge in [-0.25, -0.2) is 0 Å². The molecular weight excluding hydrogens is 316 g/mol. The van der Waals surface area contributed by atoms with Gasteiger partial charge in [0.1, 0.15) is 6.54 Å². The van der Waals surface area contributed by atoms with Crippen molar-refractivity contribution in [3.8, 4) is 0 Å². The van der Waals surface area contributed by atoms with Crippen LogP contribution in [0.15, 0.2) is 23.1 Å². The van der Waals surface area contributed by atoms with Gasteiger partial charge in [-0.15, -0.1) is 0 Å². The minimum Gasteiger partial charge on any atom is -0.464 e. The highest BCUT2D eigenvalue weighted by molar-refractivity contribution is 8.18. The summed E-state index contributed by atoms with van der Waals surface area (Å²) in [6, 6.07) is 5.41. The third kappa shape index (κ3) is 4.66. The quantitative estimate of drug-likeness (QED) is 0.608. The average Bonchev–Trinajstić information content (AvgIpc) is 2.73. The number of aryl methyl sites for hydroxylation is 1. The fraction of sp³-hybridized carbons (Fsp3) is 0.375. The minimum absolute atomic E-state index is 0.196. The number of carbonyl (C=O) groups is 3. The van der Waals surface area contributed by atoms with Crippen molar-refractivity contribution in [1.29, 1.82) is 0 Å². The van der Waals surface area contributed by atoms with Crippen LogP contribution in [-0.4, -0.2) is 40.2 Å². The fourth-order valence-electron chi connectivity index (χ4n) is 1.85. The number of nitrogens with zero attached hydrogens (tertiary/aromatic N) is 2. The first-order chi connectivity index (χ1) is 10.9. The van der Waals surface area contributed by atoms with E-state index >= 15 is 0 Å². The average molecular weight is 334 g/mol. The summed E-state index contributed by atoms with van der Waals surface area (Å²) in [6.07, 6.45) is 1.55. The predicted octanol–water partition coefficient (Wildman–Crippen LogP) is 2.63. The van der Waals surface area contributed by atoms with Crippen molar-refractivity contribution in [2.75, 3.05) is 13.2 Å². The number of esters is 1. The second-order valence-electron chi connectivity index (χ2n) is 5.55. The van der Waals surface area contributed by atoms with E-state index in [0.29, 0.717) is 5.69 Å². The lowest BCUT2D eigenvalue weighted by Gasteiger charge is -2.12. The summed E-state index contributed by atoms with van der Waals surface area (Å²) in [5.74, 6) is -0.887. The van der Waals surface area contributed by atoms with Crippen LogP contribution in [0.2, 0.25) is 0 Å². The van der Waals surface area contributed by atoms with Crippen LogP contribution in [0.25, 0.3) is 6.08 Å². The first-order valence-corrected chi connectivity index (χ1v) is 8.03. The number of hydrogen-bond acceptors (Lipinski definition) is 6. The van der Waals surface area contributed by atoms with E-state index in [1.54, 1.807) is 12.1 Å². The molecule has 122 valence electrons. The maximum Gasteiger partial charge on any atom is 0.326 e. The molecule has 0 aliphatic carbocycles. The molecule has 1 aliphatic heterocycles. The third-order valence-electron chi connectivity index (χ3n) is 2.93. The molecule has 23 heavy (non-hydrogen) atoms. The van der Waals surface area contributed by atoms with Crippen LogP contribution in [-0.2, 0) is 14.3 Å². The smallest absolute Gasteiger partial charge is 0.326 e. The highest BCUT2D eigenvalue weighted by Gasteiger charge is 2.36. The van der Waals surface area contributed by atoms with Crippen molar-refractivity contribution in [1.82, 2.24) is 9.88 Å². The van der Waals surface area contributed by atoms with Crippen LogP contribution >= 0.6 is 11.8 Å². The number of imide groups is 1. The molecule has 2 amide bonds. The molecule has 1 fully saturated rings. The highest BCUT2D eigenvalue weighted by Crippen LogP contribution is 2.31. The van der Waals surface area contributed by atoms with Crippen LogP contribution in [0.3, 0.4) is 0 Å². The van der Waals surface area contributed by atoms with E-state index in [4.69, 9.17) is 4.74 Å². The summed E-state index contributed by atoms with van der Waals surface area (Å²) >= 11 is 0.800. The number of carbonyl (C=O) groups excluding carboxylic acids is 3. The Morgan fingerprint density at radius 2 is 2.13 bits per heavy atom. The lowest BCUT2D eigenvalue weighted by molar-refractivity contribution is -0.147. The van der Waals surface area contributed by atoms with Crippen molar-refractivity contribution in [3.05, 3.63) is 34.5 Å². The Bertz CT molecular complexity index is 670. The van der Waals surface area contributed by atoms with Gasteiger partial charge in [0.2, 0.25) is 0 Å². The first-order valence-electron chi connectivity index (χ1n) is 7.21. The summed E-state index contributed by atoms with van der Waals surface area (Å²) in [7, 11) is 0. The monoisotopic (exact) mass is 334 g/mol. The van der Waals surface area contributed by atoms with E-state index in [-0.39, 0.29) is 24.0 Å². The number of amides is 2. The van der Waals surface area contributed by atoms with Crippen LogP contribution in [0.4, 0.5) is 4.79 Å². The Morgan fingerprint density at radius 1 is 1.39 bits per heavy atom. The molecule has 1 saturated heterocycles. The summed E-state index contributed by atoms with van der Waals surface area (Å²) in [5.41, 5.74) is 1.41. The number of thioether (sulfide) groups is 1. The second-order valence-corrected chi connectivity index (χ2v) is 6.54. The predicted molar refractivity (Wildman–Crippen MR) is 87.4 cm³/mol. The van der Waals surface area contributed by atoms with Gasteiger partial charge in [0.25, 0.3) is 11.1 Å². The molecule has 0 N–H and O–H groups in total. The highest BCUT2D eigenvalue weighted by atomic mass is 32.2. The standard InChI is InChI=1S/C16H18N2O4S/c1-10(2)9-22-14(19)8-18-15(20)13(23-16(18)21)7-12-6-4-5-11(3)17-12/h4-7,10H,8-9H2,1-3H3/b13-7+. The van der Waals surface area contributed by atoms with Gasteiger partial charge in [-0.3, -0.25) is 24.3 Å². The van der Waals surface area contributed by atoms with Crippen LogP contribution in [0.1, 0.15) is 25.2 Å². The molecule has 1 aromatic heterocycles. The Kier molecular flexibility index (Phi) is 5.54. The first kappa shape index (κ1) is 17.2. The molecule has 0 radical (unpaired) electrons. The Balaban J connectivity index is 2.06. The third-order valence-corrected chi connectivity index (χ3v) is 3.83. The lowest BCUT2D eigenvalue weighted by atomic mass is 10.2. The molecule has 1 aromatic rings. The molecule has 7 heteroatoms. The molecule has 0 spiro atoms. The Hall–Kier alpha value is -2.15. The second kappa shape index (κ2) is 7.41. The molecule has 2 rings (SSSR count). The molecule has 0 unspecified atom stereocenters. The van der Waals surface area contributed by atoms with Gasteiger partial charge in [0, 0.05) is 5.69 Å². The lowest BCUT2D eigenvalue weighted by Crippen LogP contribution is -2.34. The van der Waals surface area contributed by atoms with E-state index in [0.717, 1.165) is 22.4 Å². The van der Waals surface area contributed by atoms with Gasteiger partial charge < -0.3 is 4.74 Å². The van der Waals surface area contributed by atoms with Crippen molar-refractivity contribution in [2.45, 2.75) is 20.8 Å². The van der Waals surface area contributed by atoms with E-state index in [9.17, 15) is 14.4 Å². The molecule has 6 nitrogen and oxygen atoms in total. The number of pyridine rings is 1. The summed E-state index contributed by atoms with van der Waals surface area (Å²) in [5, 5.41) is -0.476. The van der Waals surface area contributed by atoms with Gasteiger partial charge in [-0.2, -0.15) is 0 Å². The summed E-state index contributed by atoms with van der Waals surface area (Å²) < 4.78 is 5.01. The summed E-state index contributed by atoms with van der Waals surface area (Å²) in [4.78, 5) is 41.3. The van der Waals surface area contributed by atoms with E-state index in [1.165, 1.54) is 0 Å². The van der Waals surface area contributed by atoms with E-state index in [2.05, 4.69) is 4.98 Å². The maximum absolute atomic E-state index is 12.3. The fourth-order valence-corrected chi connectivity index (χ4v) is 2.67. The number of rotatable bonds is 5. The molecule has 0 atom stereocenters. The van der Waals surface area contributed by atoms with E-state index in [1.807, 2.05) is 32.9 Å². The normalized spacial score (nSPS) is 16.5. The van der Waals surface area contributed by atoms with Gasteiger partial charge in [-0.05, 0) is 42.8 Å². The van der Waals surface area contributed by atoms with Crippen molar-refractivity contribution >= 4 is 35.0 Å². The zero-order chi connectivity index (χ0) is 17.0. The topological polar surface area (TPSA) is 76.6 Å². The SMILES string of the molecule is Cc1cccc(/C=C2/SC(=O)N(CC(=O)OCC(C)C)C2=O)n1. The molecule has 1 aliphatic rings. The largest absolute Gasteiger partial charge is 0.464 e. The number of aromatic nitrogens is 1. The zero-order valence-electron chi connectivity index (χ0n) is 13.2. The van der Waals surface area contributed by atoms with Crippen molar-refractivity contribution in [3.63, 3.8) is 0 Å².